The molecule has 0 aromatic rings. The predicted octanol–water partition coefficient (Wildman–Crippen LogP) is 19.8. The van der Waals surface area contributed by atoms with Crippen molar-refractivity contribution >= 4 is 47.8 Å². The fourth-order valence-electron chi connectivity index (χ4n) is 15.4. The standard InChI is InChI=1S/C22H34O4.C17H28O4.C16H28O4.C15H26O4.5C2H6/c1-5-21(3,4)20(24)25-12-17(23)26-22(6-2)11-15-10-16(22)19-14-8-7-13(9-14)18(15)19;1-5-16(3,4)15(19)20-11-14(18)21-17(6-2)10-12-7-8-13(17)9-12;1-5-15(3,4)14(18)19-12-13(17)20-16(6-2)10-8-7-9-11-16;1-5-14(2,3)13(17)18-11-12(16)19-15(4)9-7-6-8-10-15;5*1-2/h13-16,18-19H,5-12H2,1-4H3;12-13H,5-11H2,1-4H3;5-12H2,1-4H3;5-11H2,1-4H3;5*1-2H3. The molecule has 16 heteroatoms. The molecule has 10 atom stereocenters. The Kier molecular flexibility index (Phi) is 41.5. The Bertz CT molecular complexity index is 2310. The quantitative estimate of drug-likeness (QED) is 0.0529. The van der Waals surface area contributed by atoms with Gasteiger partial charge in [-0.25, -0.2) is 19.2 Å². The van der Waals surface area contributed by atoms with Crippen molar-refractivity contribution < 1.29 is 76.3 Å². The topological polar surface area (TPSA) is 210 Å². The van der Waals surface area contributed by atoms with E-state index in [1.807, 2.05) is 166 Å². The molecule has 8 aliphatic carbocycles. The zero-order valence-electron chi connectivity index (χ0n) is 66.4. The Balaban J connectivity index is 0.00000121. The lowest BCUT2D eigenvalue weighted by Crippen LogP contribution is -2.48. The Hall–Kier alpha value is -4.24. The normalized spacial score (nSPS) is 26.3. The van der Waals surface area contributed by atoms with Crippen LogP contribution in [-0.2, 0) is 76.3 Å². The molecule has 562 valence electrons. The number of esters is 8. The molecule has 0 N–H and O–H groups in total. The van der Waals surface area contributed by atoms with E-state index in [0.717, 1.165) is 119 Å². The second-order valence-electron chi connectivity index (χ2n) is 30.0. The number of carbonyl (C=O) groups excluding carboxylic acids is 8. The smallest absolute Gasteiger partial charge is 0.344 e. The van der Waals surface area contributed by atoms with Gasteiger partial charge in [-0.3, -0.25) is 19.2 Å². The third-order valence-electron chi connectivity index (χ3n) is 22.7. The van der Waals surface area contributed by atoms with E-state index in [9.17, 15) is 38.4 Å². The van der Waals surface area contributed by atoms with Crippen molar-refractivity contribution in [3.63, 3.8) is 0 Å². The van der Waals surface area contributed by atoms with Gasteiger partial charge in [0, 0.05) is 5.92 Å². The summed E-state index contributed by atoms with van der Waals surface area (Å²) in [6.07, 6.45) is 26.8. The highest BCUT2D eigenvalue weighted by Gasteiger charge is 2.68. The summed E-state index contributed by atoms with van der Waals surface area (Å²) < 4.78 is 43.4. The van der Waals surface area contributed by atoms with Gasteiger partial charge in [0.2, 0.25) is 0 Å². The van der Waals surface area contributed by atoms with Crippen LogP contribution in [0.5, 0.6) is 0 Å². The average molecular weight is 1360 g/mol. The molecule has 0 aromatic heterocycles. The fraction of sp³-hybridized carbons (Fsp3) is 0.900. The summed E-state index contributed by atoms with van der Waals surface area (Å²) in [7, 11) is 0. The molecule has 0 amide bonds. The molecule has 8 rings (SSSR count). The molecule has 6 bridgehead atoms. The molecule has 8 aliphatic rings. The van der Waals surface area contributed by atoms with Crippen LogP contribution in [0.25, 0.3) is 0 Å². The highest BCUT2D eigenvalue weighted by atomic mass is 16.6. The van der Waals surface area contributed by atoms with Crippen LogP contribution in [0.1, 0.15) is 347 Å². The number of hydrogen-bond acceptors (Lipinski definition) is 16. The Morgan fingerprint density at radius 3 is 1.06 bits per heavy atom. The lowest BCUT2D eigenvalue weighted by molar-refractivity contribution is -0.182. The molecule has 8 fully saturated rings. The van der Waals surface area contributed by atoms with Gasteiger partial charge in [0.15, 0.2) is 26.4 Å². The van der Waals surface area contributed by atoms with Crippen molar-refractivity contribution in [3.05, 3.63) is 0 Å². The fourth-order valence-corrected chi connectivity index (χ4v) is 15.4. The molecular weight excluding hydrogens is 1220 g/mol. The number of fused-ring (bicyclic) bond motifs is 11. The van der Waals surface area contributed by atoms with Crippen LogP contribution in [0, 0.1) is 69.0 Å². The SMILES string of the molecule is CC.CC.CC.CC.CC.CCC(C)(C)C(=O)OCC(=O)OC1(C)CCCCC1.CCC(C)(C)C(=O)OCC(=O)OC1(CC)CC2CC1C1C3CCC(C3)C21.CCC(C)(C)C(=O)OCC(=O)OC1(CC)CC2CCC1C2.CCC1(OC(=O)COC(=O)C(C)(C)CC)CCCCC1. The molecule has 0 saturated heterocycles. The number of carbonyl (C=O) groups is 8. The van der Waals surface area contributed by atoms with Crippen LogP contribution in [0.3, 0.4) is 0 Å². The van der Waals surface area contributed by atoms with E-state index in [1.54, 1.807) is 0 Å². The highest BCUT2D eigenvalue weighted by Crippen LogP contribution is 2.71. The maximum atomic E-state index is 12.5. The van der Waals surface area contributed by atoms with Crippen LogP contribution >= 0.6 is 0 Å². The summed E-state index contributed by atoms with van der Waals surface area (Å²) in [6.45, 7) is 49.5. The third kappa shape index (κ3) is 26.1. The Labute approximate surface area is 586 Å². The van der Waals surface area contributed by atoms with E-state index in [1.165, 1.54) is 51.4 Å². The molecule has 0 radical (unpaired) electrons. The van der Waals surface area contributed by atoms with E-state index in [-0.39, 0.29) is 78.7 Å². The molecule has 8 saturated carbocycles. The Morgan fingerprint density at radius 1 is 0.365 bits per heavy atom. The largest absolute Gasteiger partial charge is 0.457 e. The van der Waals surface area contributed by atoms with Crippen LogP contribution in [0.4, 0.5) is 0 Å². The van der Waals surface area contributed by atoms with E-state index in [0.29, 0.717) is 43.4 Å². The summed E-state index contributed by atoms with van der Waals surface area (Å²) >= 11 is 0. The maximum Gasteiger partial charge on any atom is 0.344 e. The van der Waals surface area contributed by atoms with Gasteiger partial charge in [-0.2, -0.15) is 0 Å². The number of rotatable bonds is 23. The Morgan fingerprint density at radius 2 is 0.719 bits per heavy atom. The molecule has 0 aromatic carbocycles. The lowest BCUT2D eigenvalue weighted by Gasteiger charge is -2.45. The van der Waals surface area contributed by atoms with Gasteiger partial charge < -0.3 is 37.9 Å². The van der Waals surface area contributed by atoms with E-state index < -0.39 is 39.6 Å². The van der Waals surface area contributed by atoms with Gasteiger partial charge in [-0.15, -0.1) is 0 Å². The summed E-state index contributed by atoms with van der Waals surface area (Å²) in [5.74, 6) is 3.03. The zero-order valence-corrected chi connectivity index (χ0v) is 66.4. The van der Waals surface area contributed by atoms with Crippen LogP contribution in [0.15, 0.2) is 0 Å². The van der Waals surface area contributed by atoms with Crippen molar-refractivity contribution in [2.24, 2.45) is 69.0 Å². The van der Waals surface area contributed by atoms with Gasteiger partial charge in [0.05, 0.1) is 21.7 Å². The summed E-state index contributed by atoms with van der Waals surface area (Å²) in [6, 6.07) is 0. The maximum absolute atomic E-state index is 12.5. The number of ether oxygens (including phenoxy) is 8. The number of hydrogen-bond donors (Lipinski definition) is 0. The van der Waals surface area contributed by atoms with E-state index in [2.05, 4.69) is 13.8 Å². The molecule has 16 nitrogen and oxygen atoms in total. The first-order chi connectivity index (χ1) is 45.3. The first kappa shape index (κ1) is 91.8. The van der Waals surface area contributed by atoms with Crippen molar-refractivity contribution in [2.75, 3.05) is 26.4 Å². The second-order valence-corrected chi connectivity index (χ2v) is 30.0. The first-order valence-corrected chi connectivity index (χ1v) is 38.8. The van der Waals surface area contributed by atoms with Gasteiger partial charge in [-0.05, 0) is 258 Å². The monoisotopic (exact) mass is 1360 g/mol. The lowest BCUT2D eigenvalue weighted by atomic mass is 9.65. The predicted molar refractivity (Wildman–Crippen MR) is 384 cm³/mol. The molecule has 0 heterocycles. The van der Waals surface area contributed by atoms with Crippen molar-refractivity contribution in [2.45, 2.75) is 369 Å². The minimum Gasteiger partial charge on any atom is -0.457 e. The minimum atomic E-state index is -0.550. The third-order valence-corrected chi connectivity index (χ3v) is 22.7. The summed E-state index contributed by atoms with van der Waals surface area (Å²) in [4.78, 5) is 95.8. The van der Waals surface area contributed by atoms with Crippen molar-refractivity contribution in [1.29, 1.82) is 0 Å². The van der Waals surface area contributed by atoms with Gasteiger partial charge >= 0.3 is 47.8 Å². The second kappa shape index (κ2) is 43.4. The van der Waals surface area contributed by atoms with Crippen molar-refractivity contribution in [1.82, 2.24) is 0 Å². The molecular formula is C80H146O16. The summed E-state index contributed by atoms with van der Waals surface area (Å²) in [5.41, 5.74) is -3.50. The average Bonchev–Trinajstić information content (AvgIpc) is 1.54. The first-order valence-electron chi connectivity index (χ1n) is 38.8. The molecule has 96 heavy (non-hydrogen) atoms. The zero-order chi connectivity index (χ0) is 74.1. The van der Waals surface area contributed by atoms with E-state index >= 15 is 0 Å². The minimum absolute atomic E-state index is 0.248. The highest BCUT2D eigenvalue weighted by molar-refractivity contribution is 5.82. The van der Waals surface area contributed by atoms with Crippen LogP contribution in [-0.4, -0.2) is 96.6 Å². The van der Waals surface area contributed by atoms with Gasteiger partial charge in [-0.1, -0.05) is 131 Å². The molecule has 0 aliphatic heterocycles. The molecule has 0 spiro atoms. The molecule has 10 unspecified atom stereocenters. The van der Waals surface area contributed by atoms with Crippen molar-refractivity contribution in [3.8, 4) is 0 Å². The van der Waals surface area contributed by atoms with Gasteiger partial charge in [0.25, 0.3) is 0 Å². The van der Waals surface area contributed by atoms with Crippen LogP contribution < -0.4 is 0 Å². The van der Waals surface area contributed by atoms with E-state index in [4.69, 9.17) is 37.9 Å². The summed E-state index contributed by atoms with van der Waals surface area (Å²) in [5, 5.41) is 0. The van der Waals surface area contributed by atoms with Crippen LogP contribution in [0.2, 0.25) is 0 Å². The van der Waals surface area contributed by atoms with Gasteiger partial charge in [0.1, 0.15) is 22.4 Å².